The molecule has 194 valence electrons. The normalized spacial score (nSPS) is 12.3. The van der Waals surface area contributed by atoms with Gasteiger partial charge < -0.3 is 9.13 Å². The topological polar surface area (TPSA) is 9.86 Å². The first-order chi connectivity index (χ1) is 20.9. The Morgan fingerprint density at radius 1 is 0.310 bits per heavy atom. The molecule has 0 saturated heterocycles. The van der Waals surface area contributed by atoms with Crippen molar-refractivity contribution in [1.82, 2.24) is 9.13 Å². The van der Waals surface area contributed by atoms with Gasteiger partial charge in [-0.1, -0.05) is 97.1 Å². The van der Waals surface area contributed by atoms with Gasteiger partial charge in [0.25, 0.3) is 0 Å². The van der Waals surface area contributed by atoms with Gasteiger partial charge in [0.1, 0.15) is 0 Å². The summed E-state index contributed by atoms with van der Waals surface area (Å²) in [6, 6.07) is 53.4. The van der Waals surface area contributed by atoms with Crippen LogP contribution in [0.2, 0.25) is 0 Å². The summed E-state index contributed by atoms with van der Waals surface area (Å²) in [7, 11) is 0. The summed E-state index contributed by atoms with van der Waals surface area (Å²) >= 11 is 0. The minimum Gasteiger partial charge on any atom is -0.309 e. The molecule has 0 fully saturated rings. The van der Waals surface area contributed by atoms with E-state index in [4.69, 9.17) is 0 Å². The van der Waals surface area contributed by atoms with Gasteiger partial charge in [-0.2, -0.15) is 0 Å². The smallest absolute Gasteiger partial charge is 0.0620 e. The Morgan fingerprint density at radius 3 is 1.71 bits per heavy atom. The van der Waals surface area contributed by atoms with Crippen LogP contribution in [0.15, 0.2) is 146 Å². The van der Waals surface area contributed by atoms with E-state index in [1.165, 1.54) is 88.0 Å². The lowest BCUT2D eigenvalue weighted by Crippen LogP contribution is -1.96. The number of rotatable bonds is 2. The fourth-order valence-electron chi connectivity index (χ4n) is 7.55. The van der Waals surface area contributed by atoms with Crippen LogP contribution in [0.1, 0.15) is 0 Å². The number of hydrogen-bond acceptors (Lipinski definition) is 0. The monoisotopic (exact) mass is 532 g/mol. The lowest BCUT2D eigenvalue weighted by atomic mass is 9.99. The molecule has 0 saturated carbocycles. The van der Waals surface area contributed by atoms with Gasteiger partial charge in [-0.05, 0) is 76.2 Å². The minimum absolute atomic E-state index is 1.18. The first kappa shape index (κ1) is 22.1. The Morgan fingerprint density at radius 2 is 0.905 bits per heavy atom. The van der Waals surface area contributed by atoms with Crippen molar-refractivity contribution in [3.05, 3.63) is 146 Å². The van der Waals surface area contributed by atoms with E-state index in [2.05, 4.69) is 155 Å². The molecular weight excluding hydrogens is 508 g/mol. The van der Waals surface area contributed by atoms with Crippen molar-refractivity contribution >= 4 is 54.4 Å². The van der Waals surface area contributed by atoms with Gasteiger partial charge >= 0.3 is 0 Å². The molecular formula is C40H24N2. The van der Waals surface area contributed by atoms with Crippen molar-refractivity contribution in [1.29, 1.82) is 0 Å². The van der Waals surface area contributed by atoms with Gasteiger partial charge in [-0.25, -0.2) is 0 Å². The predicted octanol–water partition coefficient (Wildman–Crippen LogP) is 10.7. The largest absolute Gasteiger partial charge is 0.309 e. The molecule has 0 radical (unpaired) electrons. The van der Waals surface area contributed by atoms with Gasteiger partial charge in [0.2, 0.25) is 0 Å². The lowest BCUT2D eigenvalue weighted by Gasteiger charge is -2.12. The van der Waals surface area contributed by atoms with Crippen LogP contribution in [0.4, 0.5) is 0 Å². The Hall–Kier alpha value is -5.60. The molecule has 10 rings (SSSR count). The van der Waals surface area contributed by atoms with Gasteiger partial charge in [0.15, 0.2) is 0 Å². The third-order valence-electron chi connectivity index (χ3n) is 9.23. The number of aromatic nitrogens is 2. The fraction of sp³-hybridized carbons (Fsp3) is 0. The van der Waals surface area contributed by atoms with E-state index in [0.29, 0.717) is 0 Å². The summed E-state index contributed by atoms with van der Waals surface area (Å²) in [5.74, 6) is 0. The minimum atomic E-state index is 1.18. The lowest BCUT2D eigenvalue weighted by molar-refractivity contribution is 1.17. The van der Waals surface area contributed by atoms with Crippen LogP contribution in [-0.4, -0.2) is 9.13 Å². The van der Waals surface area contributed by atoms with E-state index in [9.17, 15) is 0 Å². The highest BCUT2D eigenvalue weighted by atomic mass is 15.0. The van der Waals surface area contributed by atoms with E-state index in [1.54, 1.807) is 0 Å². The maximum atomic E-state index is 2.49. The molecule has 2 heterocycles. The summed E-state index contributed by atoms with van der Waals surface area (Å²) in [6.07, 6.45) is 0. The highest BCUT2D eigenvalue weighted by molar-refractivity contribution is 6.27. The molecule has 2 nitrogen and oxygen atoms in total. The van der Waals surface area contributed by atoms with Crippen molar-refractivity contribution in [2.75, 3.05) is 0 Å². The number of fused-ring (bicyclic) bond motifs is 10. The number of benzene rings is 7. The van der Waals surface area contributed by atoms with Crippen molar-refractivity contribution in [2.45, 2.75) is 0 Å². The molecule has 2 aromatic heterocycles. The summed E-state index contributed by atoms with van der Waals surface area (Å²) in [6.45, 7) is 0. The molecule has 0 atom stereocenters. The van der Waals surface area contributed by atoms with E-state index >= 15 is 0 Å². The van der Waals surface area contributed by atoms with E-state index < -0.39 is 0 Å². The van der Waals surface area contributed by atoms with Crippen molar-refractivity contribution < 1.29 is 0 Å². The maximum absolute atomic E-state index is 2.49. The van der Waals surface area contributed by atoms with Gasteiger partial charge in [0, 0.05) is 38.3 Å². The van der Waals surface area contributed by atoms with Crippen LogP contribution in [0, 0.1) is 0 Å². The molecule has 0 bridgehead atoms. The highest BCUT2D eigenvalue weighted by Gasteiger charge is 2.25. The maximum Gasteiger partial charge on any atom is 0.0620 e. The second-order valence-corrected chi connectivity index (χ2v) is 11.3. The van der Waals surface area contributed by atoms with Crippen molar-refractivity contribution in [2.24, 2.45) is 0 Å². The van der Waals surface area contributed by atoms with E-state index in [0.717, 1.165) is 0 Å². The fourth-order valence-corrected chi connectivity index (χ4v) is 7.55. The van der Waals surface area contributed by atoms with Crippen LogP contribution in [0.25, 0.3) is 88.0 Å². The van der Waals surface area contributed by atoms with Crippen LogP contribution in [0.3, 0.4) is 0 Å². The first-order valence-electron chi connectivity index (χ1n) is 14.5. The Balaban J connectivity index is 1.35. The van der Waals surface area contributed by atoms with Crippen LogP contribution in [0.5, 0.6) is 0 Å². The third-order valence-corrected chi connectivity index (χ3v) is 9.23. The molecule has 2 heteroatoms. The quantitative estimate of drug-likeness (QED) is 0.210. The summed E-state index contributed by atoms with van der Waals surface area (Å²) in [4.78, 5) is 0. The summed E-state index contributed by atoms with van der Waals surface area (Å²) in [5.41, 5.74) is 12.6. The zero-order valence-electron chi connectivity index (χ0n) is 22.8. The van der Waals surface area contributed by atoms with Crippen LogP contribution in [-0.2, 0) is 0 Å². The molecule has 1 aliphatic carbocycles. The predicted molar refractivity (Wildman–Crippen MR) is 177 cm³/mol. The first-order valence-corrected chi connectivity index (χ1v) is 14.5. The molecule has 0 amide bonds. The Kier molecular flexibility index (Phi) is 4.21. The SMILES string of the molecule is c1ccc(-n2c3ccccc3c3cc(-n4c5ccccc5c5cc6c7c(cccc7c54)-c4ccccc4-6)ccc32)cc1. The van der Waals surface area contributed by atoms with Gasteiger partial charge in [0.05, 0.1) is 22.1 Å². The molecule has 0 aliphatic heterocycles. The third kappa shape index (κ3) is 2.74. The van der Waals surface area contributed by atoms with Gasteiger partial charge in [-0.15, -0.1) is 0 Å². The van der Waals surface area contributed by atoms with Crippen LogP contribution >= 0.6 is 0 Å². The molecule has 7 aromatic carbocycles. The zero-order chi connectivity index (χ0) is 27.4. The molecule has 9 aromatic rings. The highest BCUT2D eigenvalue weighted by Crippen LogP contribution is 2.51. The molecule has 0 spiro atoms. The number of para-hydroxylation sites is 3. The molecule has 0 N–H and O–H groups in total. The van der Waals surface area contributed by atoms with E-state index in [1.807, 2.05) is 0 Å². The van der Waals surface area contributed by atoms with Crippen LogP contribution < -0.4 is 0 Å². The standard InChI is InChI=1S/C40H24N2/c1-2-11-25(12-3-1)41-36-19-8-6-15-29(36)33-23-26(21-22-38(33)41)42-37-20-9-7-16-30(37)35-24-34-28-14-5-4-13-27(28)31-17-10-18-32(39(31)34)40(35)42/h1-24H. The van der Waals surface area contributed by atoms with Gasteiger partial charge in [-0.3, -0.25) is 0 Å². The Bertz CT molecular complexity index is 2560. The van der Waals surface area contributed by atoms with E-state index in [-0.39, 0.29) is 0 Å². The average molecular weight is 533 g/mol. The van der Waals surface area contributed by atoms with Crippen molar-refractivity contribution in [3.63, 3.8) is 0 Å². The summed E-state index contributed by atoms with van der Waals surface area (Å²) < 4.78 is 4.87. The number of nitrogens with zero attached hydrogens (tertiary/aromatic N) is 2. The second-order valence-electron chi connectivity index (χ2n) is 11.3. The second kappa shape index (κ2) is 7.99. The molecule has 42 heavy (non-hydrogen) atoms. The zero-order valence-corrected chi connectivity index (χ0v) is 22.8. The molecule has 0 unspecified atom stereocenters. The number of hydrogen-bond donors (Lipinski definition) is 0. The summed E-state index contributed by atoms with van der Waals surface area (Å²) in [5, 5.41) is 7.77. The average Bonchev–Trinajstić information content (AvgIpc) is 3.69. The van der Waals surface area contributed by atoms with Crippen molar-refractivity contribution in [3.8, 4) is 33.6 Å². The molecule has 1 aliphatic rings. The Labute approximate surface area is 242 Å².